The molecule has 1 aliphatic rings. The van der Waals surface area contributed by atoms with Gasteiger partial charge in [-0.2, -0.15) is 22.5 Å². The van der Waals surface area contributed by atoms with Crippen LogP contribution in [0.2, 0.25) is 0 Å². The fourth-order valence-electron chi connectivity index (χ4n) is 3.05. The number of fused-ring (bicyclic) bond motifs is 2. The lowest BCUT2D eigenvalue weighted by Crippen LogP contribution is -2.52. The molecular weight excluding hydrogens is 430 g/mol. The molecule has 0 amide bonds. The third kappa shape index (κ3) is 3.68. The number of nitrogens with zero attached hydrogens (tertiary/aromatic N) is 3. The van der Waals surface area contributed by atoms with E-state index in [-0.39, 0.29) is 11.6 Å². The lowest BCUT2D eigenvalue weighted by atomic mass is 10.2. The quantitative estimate of drug-likeness (QED) is 0.405. The van der Waals surface area contributed by atoms with Crippen LogP contribution in [0.1, 0.15) is 0 Å². The van der Waals surface area contributed by atoms with Crippen LogP contribution in [-0.2, 0) is 0 Å². The van der Waals surface area contributed by atoms with Crippen molar-refractivity contribution in [2.24, 2.45) is 0 Å². The molecular formula is C21H13F4N5O2. The SMILES string of the molecule is FC1(F)Oc2ccc(Nc3nccc(Nc4cnc5ccccc5c4)n3)cc2OC1(F)F. The van der Waals surface area contributed by atoms with Gasteiger partial charge in [-0.15, -0.1) is 0 Å². The van der Waals surface area contributed by atoms with Crippen molar-refractivity contribution in [2.75, 3.05) is 10.6 Å². The number of alkyl halides is 4. The van der Waals surface area contributed by atoms with Crippen LogP contribution in [0.5, 0.6) is 11.5 Å². The van der Waals surface area contributed by atoms with E-state index in [4.69, 9.17) is 0 Å². The molecule has 0 bridgehead atoms. The smallest absolute Gasteiger partial charge is 0.421 e. The van der Waals surface area contributed by atoms with E-state index in [0.29, 0.717) is 11.5 Å². The first kappa shape index (κ1) is 19.8. The van der Waals surface area contributed by atoms with Gasteiger partial charge in [0, 0.05) is 23.3 Å². The molecule has 7 nitrogen and oxygen atoms in total. The van der Waals surface area contributed by atoms with E-state index >= 15 is 0 Å². The van der Waals surface area contributed by atoms with Crippen LogP contribution in [-0.4, -0.2) is 27.2 Å². The van der Waals surface area contributed by atoms with Crippen LogP contribution >= 0.6 is 0 Å². The Morgan fingerprint density at radius 3 is 2.38 bits per heavy atom. The molecule has 1 aliphatic heterocycles. The predicted molar refractivity (Wildman–Crippen MR) is 108 cm³/mol. The Morgan fingerprint density at radius 2 is 1.53 bits per heavy atom. The van der Waals surface area contributed by atoms with E-state index in [1.54, 1.807) is 12.3 Å². The summed E-state index contributed by atoms with van der Waals surface area (Å²) in [6.07, 6.45) is -6.42. The highest BCUT2D eigenvalue weighted by Gasteiger charge is 2.65. The monoisotopic (exact) mass is 443 g/mol. The lowest BCUT2D eigenvalue weighted by Gasteiger charge is -2.31. The molecule has 0 spiro atoms. The maximum Gasteiger partial charge on any atom is 0.507 e. The standard InChI is InChI=1S/C21H13F4N5O2/c22-20(23)21(24,25)32-17-10-13(5-6-16(17)31-20)29-19-26-8-7-18(30-19)28-14-9-12-3-1-2-4-15(12)27-11-14/h1-11H,(H2,26,28,29,30). The number of aromatic nitrogens is 3. The number of benzene rings is 2. The highest BCUT2D eigenvalue weighted by atomic mass is 19.3. The van der Waals surface area contributed by atoms with E-state index in [1.807, 2.05) is 30.3 Å². The zero-order valence-corrected chi connectivity index (χ0v) is 16.0. The van der Waals surface area contributed by atoms with Crippen molar-refractivity contribution in [3.8, 4) is 11.5 Å². The fraction of sp³-hybridized carbons (Fsp3) is 0.0952. The molecule has 4 aromatic rings. The molecule has 0 aliphatic carbocycles. The summed E-state index contributed by atoms with van der Waals surface area (Å²) < 4.78 is 61.6. The fourth-order valence-corrected chi connectivity index (χ4v) is 3.05. The second-order valence-electron chi connectivity index (χ2n) is 6.83. The molecule has 2 aromatic heterocycles. The molecule has 0 fully saturated rings. The molecule has 32 heavy (non-hydrogen) atoms. The van der Waals surface area contributed by atoms with Crippen LogP contribution in [0, 0.1) is 0 Å². The van der Waals surface area contributed by atoms with Gasteiger partial charge in [0.1, 0.15) is 5.82 Å². The van der Waals surface area contributed by atoms with Gasteiger partial charge in [0.2, 0.25) is 5.95 Å². The summed E-state index contributed by atoms with van der Waals surface area (Å²) in [6.45, 7) is 0. The van der Waals surface area contributed by atoms with E-state index in [9.17, 15) is 17.6 Å². The number of hydrogen-bond donors (Lipinski definition) is 2. The first-order chi connectivity index (χ1) is 15.3. The van der Waals surface area contributed by atoms with E-state index in [0.717, 1.165) is 23.0 Å². The summed E-state index contributed by atoms with van der Waals surface area (Å²) in [5, 5.41) is 6.87. The second-order valence-corrected chi connectivity index (χ2v) is 6.83. The van der Waals surface area contributed by atoms with Crippen molar-refractivity contribution in [1.82, 2.24) is 15.0 Å². The molecule has 162 valence electrons. The number of halogens is 4. The van der Waals surface area contributed by atoms with Gasteiger partial charge in [-0.3, -0.25) is 4.98 Å². The van der Waals surface area contributed by atoms with Gasteiger partial charge in [0.25, 0.3) is 0 Å². The molecule has 2 N–H and O–H groups in total. The average molecular weight is 443 g/mol. The summed E-state index contributed by atoms with van der Waals surface area (Å²) in [6, 6.07) is 14.7. The van der Waals surface area contributed by atoms with Gasteiger partial charge in [-0.1, -0.05) is 18.2 Å². The molecule has 3 heterocycles. The van der Waals surface area contributed by atoms with Crippen LogP contribution in [0.15, 0.2) is 67.0 Å². The van der Waals surface area contributed by atoms with Gasteiger partial charge in [-0.05, 0) is 30.3 Å². The highest BCUT2D eigenvalue weighted by Crippen LogP contribution is 2.47. The Bertz CT molecular complexity index is 1320. The van der Waals surface area contributed by atoms with Crippen molar-refractivity contribution in [2.45, 2.75) is 12.2 Å². The second kappa shape index (κ2) is 7.22. The topological polar surface area (TPSA) is 81.2 Å². The molecule has 0 unspecified atom stereocenters. The van der Waals surface area contributed by atoms with Gasteiger partial charge in [0.15, 0.2) is 11.5 Å². The van der Waals surface area contributed by atoms with Crippen LogP contribution in [0.25, 0.3) is 10.9 Å². The van der Waals surface area contributed by atoms with Crippen LogP contribution in [0.4, 0.5) is 40.7 Å². The van der Waals surface area contributed by atoms with Crippen LogP contribution < -0.4 is 20.1 Å². The zero-order valence-electron chi connectivity index (χ0n) is 16.0. The van der Waals surface area contributed by atoms with E-state index in [2.05, 4.69) is 35.1 Å². The van der Waals surface area contributed by atoms with Gasteiger partial charge >= 0.3 is 12.2 Å². The summed E-state index contributed by atoms with van der Waals surface area (Å²) in [4.78, 5) is 12.7. The third-order valence-electron chi connectivity index (χ3n) is 4.53. The van der Waals surface area contributed by atoms with Gasteiger partial charge < -0.3 is 20.1 Å². The van der Waals surface area contributed by atoms with Crippen molar-refractivity contribution in [3.63, 3.8) is 0 Å². The molecule has 0 atom stereocenters. The molecule has 0 radical (unpaired) electrons. The number of para-hydroxylation sites is 1. The summed E-state index contributed by atoms with van der Waals surface area (Å²) >= 11 is 0. The van der Waals surface area contributed by atoms with Crippen molar-refractivity contribution in [3.05, 3.63) is 67.0 Å². The molecule has 2 aromatic carbocycles. The minimum Gasteiger partial charge on any atom is -0.421 e. The van der Waals surface area contributed by atoms with Crippen molar-refractivity contribution < 1.29 is 27.0 Å². The minimum absolute atomic E-state index is 0.137. The Hall–Kier alpha value is -4.15. The average Bonchev–Trinajstić information content (AvgIpc) is 2.75. The summed E-state index contributed by atoms with van der Waals surface area (Å²) in [5.41, 5.74) is 1.79. The van der Waals surface area contributed by atoms with E-state index in [1.165, 1.54) is 12.3 Å². The Kier molecular flexibility index (Phi) is 4.47. The van der Waals surface area contributed by atoms with Gasteiger partial charge in [0.05, 0.1) is 17.4 Å². The predicted octanol–water partition coefficient (Wildman–Crippen LogP) is 5.47. The van der Waals surface area contributed by atoms with Crippen LogP contribution in [0.3, 0.4) is 0 Å². The van der Waals surface area contributed by atoms with Crippen molar-refractivity contribution >= 4 is 34.0 Å². The van der Waals surface area contributed by atoms with Crippen molar-refractivity contribution in [1.29, 1.82) is 0 Å². The number of ether oxygens (including phenoxy) is 2. The zero-order chi connectivity index (χ0) is 22.3. The third-order valence-corrected chi connectivity index (χ3v) is 4.53. The normalized spacial score (nSPS) is 15.9. The summed E-state index contributed by atoms with van der Waals surface area (Å²) in [7, 11) is 0. The lowest BCUT2D eigenvalue weighted by molar-refractivity contribution is -0.391. The number of pyridine rings is 1. The highest BCUT2D eigenvalue weighted by molar-refractivity contribution is 5.82. The Labute approximate surface area is 178 Å². The Balaban J connectivity index is 1.35. The minimum atomic E-state index is -4.80. The van der Waals surface area contributed by atoms with Gasteiger partial charge in [-0.25, -0.2) is 4.98 Å². The maximum absolute atomic E-state index is 13.4. The molecule has 0 saturated heterocycles. The molecule has 0 saturated carbocycles. The number of anilines is 4. The first-order valence-corrected chi connectivity index (χ1v) is 9.29. The molecule has 5 rings (SSSR count). The first-order valence-electron chi connectivity index (χ1n) is 9.29. The number of rotatable bonds is 4. The number of nitrogens with one attached hydrogen (secondary N) is 2. The largest absolute Gasteiger partial charge is 0.507 e. The van der Waals surface area contributed by atoms with E-state index < -0.39 is 23.7 Å². The summed E-state index contributed by atoms with van der Waals surface area (Å²) in [5.74, 6) is -0.463. The number of hydrogen-bond acceptors (Lipinski definition) is 7. The Morgan fingerprint density at radius 1 is 0.750 bits per heavy atom. The molecule has 11 heteroatoms. The maximum atomic E-state index is 13.4.